The van der Waals surface area contributed by atoms with E-state index in [-0.39, 0.29) is 4.90 Å². The van der Waals surface area contributed by atoms with Crippen LogP contribution in [-0.4, -0.2) is 52.7 Å². The Balaban J connectivity index is 1.40. The maximum Gasteiger partial charge on any atom is 0.262 e. The average Bonchev–Trinajstić information content (AvgIpc) is 3.56. The lowest BCUT2D eigenvalue weighted by Crippen LogP contribution is -2.36. The number of ether oxygens (including phenoxy) is 2. The first-order valence-corrected chi connectivity index (χ1v) is 14.8. The predicted molar refractivity (Wildman–Crippen MR) is 161 cm³/mol. The normalized spacial score (nSPS) is 13.6. The molecule has 1 aliphatic heterocycles. The predicted octanol–water partition coefficient (Wildman–Crippen LogP) is 5.39. The number of pyridine rings is 1. The van der Waals surface area contributed by atoms with E-state index in [1.807, 2.05) is 24.3 Å². The van der Waals surface area contributed by atoms with Crippen LogP contribution < -0.4 is 19.7 Å². The van der Waals surface area contributed by atoms with E-state index in [0.29, 0.717) is 77.0 Å². The molecule has 1 fully saturated rings. The molecule has 1 saturated heterocycles. The van der Waals surface area contributed by atoms with Gasteiger partial charge >= 0.3 is 0 Å². The standard InChI is InChI=1S/C31H28N4O6S/c1-39-29-10-5-4-9-25(29)34-42(37,38)21-12-13-28(35-14-17-40-18-15-35)26(19-21)33-31(36)23-20-27(30-11-6-16-41-30)32-24-8-3-2-7-22(23)24/h2-13,16,19-20,34H,14-15,17-18H2,1H3,(H,33,36). The Kier molecular flexibility index (Phi) is 7.51. The Hall–Kier alpha value is -4.87. The third kappa shape index (κ3) is 5.52. The van der Waals surface area contributed by atoms with Crippen LogP contribution in [0.3, 0.4) is 0 Å². The highest BCUT2D eigenvalue weighted by Gasteiger charge is 2.23. The number of hydrogen-bond donors (Lipinski definition) is 2. The number of morpholine rings is 1. The minimum absolute atomic E-state index is 0.0171. The van der Waals surface area contributed by atoms with Crippen molar-refractivity contribution in [2.45, 2.75) is 4.90 Å². The number of aromatic nitrogens is 1. The lowest BCUT2D eigenvalue weighted by Gasteiger charge is -2.31. The van der Waals surface area contributed by atoms with Gasteiger partial charge < -0.3 is 24.1 Å². The summed E-state index contributed by atoms with van der Waals surface area (Å²) in [5, 5.41) is 3.64. The number of benzene rings is 3. The minimum Gasteiger partial charge on any atom is -0.495 e. The SMILES string of the molecule is COc1ccccc1NS(=O)(=O)c1ccc(N2CCOCC2)c(NC(=O)c2cc(-c3ccco3)nc3ccccc23)c1. The summed E-state index contributed by atoms with van der Waals surface area (Å²) in [6, 6.07) is 24.0. The number of furan rings is 1. The zero-order chi connectivity index (χ0) is 29.1. The summed E-state index contributed by atoms with van der Waals surface area (Å²) in [4.78, 5) is 20.6. The van der Waals surface area contributed by atoms with E-state index in [1.165, 1.54) is 19.2 Å². The zero-order valence-corrected chi connectivity index (χ0v) is 23.6. The Morgan fingerprint density at radius 1 is 0.929 bits per heavy atom. The smallest absolute Gasteiger partial charge is 0.262 e. The molecule has 0 radical (unpaired) electrons. The molecule has 2 N–H and O–H groups in total. The van der Waals surface area contributed by atoms with Gasteiger partial charge in [-0.05, 0) is 54.6 Å². The first-order valence-electron chi connectivity index (χ1n) is 13.3. The van der Waals surface area contributed by atoms with E-state index in [1.54, 1.807) is 54.8 Å². The van der Waals surface area contributed by atoms with Crippen LogP contribution in [0.15, 0.2) is 101 Å². The number of methoxy groups -OCH3 is 1. The number of sulfonamides is 1. The van der Waals surface area contributed by atoms with Crippen LogP contribution in [0, 0.1) is 0 Å². The second-order valence-corrected chi connectivity index (χ2v) is 11.3. The highest BCUT2D eigenvalue weighted by molar-refractivity contribution is 7.92. The van der Waals surface area contributed by atoms with Crippen molar-refractivity contribution in [2.75, 3.05) is 48.4 Å². The molecular weight excluding hydrogens is 556 g/mol. The molecule has 10 nitrogen and oxygen atoms in total. The van der Waals surface area contributed by atoms with Gasteiger partial charge in [-0.1, -0.05) is 30.3 Å². The quantitative estimate of drug-likeness (QED) is 0.249. The summed E-state index contributed by atoms with van der Waals surface area (Å²) >= 11 is 0. The van der Waals surface area contributed by atoms with Crippen molar-refractivity contribution in [1.29, 1.82) is 0 Å². The lowest BCUT2D eigenvalue weighted by molar-refractivity contribution is 0.102. The van der Waals surface area contributed by atoms with Crippen molar-refractivity contribution >= 4 is 43.9 Å². The van der Waals surface area contributed by atoms with Crippen LogP contribution in [0.2, 0.25) is 0 Å². The molecule has 3 aromatic carbocycles. The first kappa shape index (κ1) is 27.3. The molecular formula is C31H28N4O6S. The van der Waals surface area contributed by atoms with Gasteiger partial charge in [0.15, 0.2) is 5.76 Å². The monoisotopic (exact) mass is 584 g/mol. The van der Waals surface area contributed by atoms with Crippen LogP contribution in [0.5, 0.6) is 5.75 Å². The Morgan fingerprint density at radius 3 is 2.50 bits per heavy atom. The number of hydrogen-bond acceptors (Lipinski definition) is 8. The molecule has 1 aliphatic rings. The number of carbonyl (C=O) groups excluding carboxylic acids is 1. The summed E-state index contributed by atoms with van der Waals surface area (Å²) in [7, 11) is -2.56. The Labute approximate surface area is 242 Å². The molecule has 42 heavy (non-hydrogen) atoms. The molecule has 0 bridgehead atoms. The average molecular weight is 585 g/mol. The van der Waals surface area contributed by atoms with E-state index >= 15 is 0 Å². The van der Waals surface area contributed by atoms with Gasteiger partial charge in [0, 0.05) is 18.5 Å². The van der Waals surface area contributed by atoms with Crippen LogP contribution in [0.4, 0.5) is 17.1 Å². The van der Waals surface area contributed by atoms with Gasteiger partial charge in [-0.3, -0.25) is 9.52 Å². The van der Waals surface area contributed by atoms with Crippen molar-refractivity contribution < 1.29 is 27.1 Å². The summed E-state index contributed by atoms with van der Waals surface area (Å²) in [6.45, 7) is 2.22. The molecule has 2 aromatic heterocycles. The van der Waals surface area contributed by atoms with Gasteiger partial charge in [0.25, 0.3) is 15.9 Å². The van der Waals surface area contributed by atoms with Crippen molar-refractivity contribution in [3.63, 3.8) is 0 Å². The second kappa shape index (κ2) is 11.6. The molecule has 0 saturated carbocycles. The molecule has 6 rings (SSSR count). The number of rotatable bonds is 8. The van der Waals surface area contributed by atoms with Crippen molar-refractivity contribution in [2.24, 2.45) is 0 Å². The largest absolute Gasteiger partial charge is 0.495 e. The topological polar surface area (TPSA) is 123 Å². The fraction of sp³-hybridized carbons (Fsp3) is 0.161. The first-order chi connectivity index (χ1) is 20.4. The fourth-order valence-electron chi connectivity index (χ4n) is 4.90. The molecule has 5 aromatic rings. The highest BCUT2D eigenvalue weighted by Crippen LogP contribution is 2.33. The Bertz CT molecular complexity index is 1850. The van der Waals surface area contributed by atoms with Crippen molar-refractivity contribution in [3.05, 3.63) is 96.8 Å². The maximum absolute atomic E-state index is 13.9. The van der Waals surface area contributed by atoms with E-state index in [4.69, 9.17) is 13.9 Å². The van der Waals surface area contributed by atoms with Crippen LogP contribution in [0.1, 0.15) is 10.4 Å². The second-order valence-electron chi connectivity index (χ2n) is 9.59. The molecule has 0 unspecified atom stereocenters. The maximum atomic E-state index is 13.9. The summed E-state index contributed by atoms with van der Waals surface area (Å²) < 4.78 is 45.9. The van der Waals surface area contributed by atoms with Crippen LogP contribution in [-0.2, 0) is 14.8 Å². The van der Waals surface area contributed by atoms with Gasteiger partial charge in [0.05, 0.1) is 59.6 Å². The van der Waals surface area contributed by atoms with Crippen LogP contribution in [0.25, 0.3) is 22.4 Å². The summed E-state index contributed by atoms with van der Waals surface area (Å²) in [6.07, 6.45) is 1.55. The summed E-state index contributed by atoms with van der Waals surface area (Å²) in [5.41, 5.74) is 2.85. The van der Waals surface area contributed by atoms with Crippen molar-refractivity contribution in [3.8, 4) is 17.2 Å². The lowest BCUT2D eigenvalue weighted by atomic mass is 10.1. The molecule has 0 aliphatic carbocycles. The number of anilines is 3. The third-order valence-corrected chi connectivity index (χ3v) is 8.33. The van der Waals surface area contributed by atoms with Crippen molar-refractivity contribution in [1.82, 2.24) is 4.98 Å². The highest BCUT2D eigenvalue weighted by atomic mass is 32.2. The minimum atomic E-state index is -4.03. The van der Waals surface area contributed by atoms with E-state index < -0.39 is 15.9 Å². The number of nitrogens with zero attached hydrogens (tertiary/aromatic N) is 2. The zero-order valence-electron chi connectivity index (χ0n) is 22.7. The molecule has 0 atom stereocenters. The van der Waals surface area contributed by atoms with E-state index in [0.717, 1.165) is 0 Å². The number of fused-ring (bicyclic) bond motifs is 1. The summed E-state index contributed by atoms with van der Waals surface area (Å²) in [5.74, 6) is 0.499. The molecule has 214 valence electrons. The fourth-order valence-corrected chi connectivity index (χ4v) is 5.99. The van der Waals surface area contributed by atoms with Gasteiger partial charge in [-0.15, -0.1) is 0 Å². The van der Waals surface area contributed by atoms with Gasteiger partial charge in [-0.25, -0.2) is 13.4 Å². The number of amides is 1. The molecule has 0 spiro atoms. The van der Waals surface area contributed by atoms with E-state index in [2.05, 4.69) is 19.9 Å². The Morgan fingerprint density at radius 2 is 1.71 bits per heavy atom. The van der Waals surface area contributed by atoms with E-state index in [9.17, 15) is 13.2 Å². The van der Waals surface area contributed by atoms with Gasteiger partial charge in [0.2, 0.25) is 0 Å². The van der Waals surface area contributed by atoms with Gasteiger partial charge in [0.1, 0.15) is 11.4 Å². The number of para-hydroxylation sites is 3. The third-order valence-electron chi connectivity index (χ3n) is 6.96. The molecule has 3 heterocycles. The molecule has 1 amide bonds. The van der Waals surface area contributed by atoms with Gasteiger partial charge in [-0.2, -0.15) is 0 Å². The number of nitrogens with one attached hydrogen (secondary N) is 2. The number of carbonyl (C=O) groups is 1. The van der Waals surface area contributed by atoms with Crippen LogP contribution >= 0.6 is 0 Å². The molecule has 11 heteroatoms.